The van der Waals surface area contributed by atoms with E-state index in [0.717, 1.165) is 5.56 Å². The molecule has 0 aliphatic carbocycles. The smallest absolute Gasteiger partial charge is 0.329 e. The summed E-state index contributed by atoms with van der Waals surface area (Å²) < 4.78 is 1.49. The highest BCUT2D eigenvalue weighted by atomic mass is 16.2. The summed E-state index contributed by atoms with van der Waals surface area (Å²) in [5.74, 6) is 0.671. The second-order valence-corrected chi connectivity index (χ2v) is 5.01. The van der Waals surface area contributed by atoms with E-state index in [4.69, 9.17) is 0 Å². The van der Waals surface area contributed by atoms with Gasteiger partial charge in [0.2, 0.25) is 0 Å². The van der Waals surface area contributed by atoms with Gasteiger partial charge in [0.1, 0.15) is 11.5 Å². The van der Waals surface area contributed by atoms with Crippen molar-refractivity contribution < 1.29 is 0 Å². The number of aromatic nitrogens is 2. The average Bonchev–Trinajstić information content (AvgIpc) is 2.74. The highest BCUT2D eigenvalue weighted by Gasteiger charge is 2.29. The molecule has 0 amide bonds. The van der Waals surface area contributed by atoms with Gasteiger partial charge in [-0.15, -0.1) is 0 Å². The second-order valence-electron chi connectivity index (χ2n) is 5.01. The van der Waals surface area contributed by atoms with Crippen LogP contribution in [0.3, 0.4) is 0 Å². The number of anilines is 2. The van der Waals surface area contributed by atoms with E-state index in [-0.39, 0.29) is 11.2 Å². The molecule has 0 saturated heterocycles. The predicted molar refractivity (Wildman–Crippen MR) is 78.2 cm³/mol. The molecule has 2 aromatic rings. The number of aromatic amines is 1. The lowest BCUT2D eigenvalue weighted by molar-refractivity contribution is 0.748. The van der Waals surface area contributed by atoms with Crippen molar-refractivity contribution in [1.29, 1.82) is 0 Å². The maximum absolute atomic E-state index is 12.0. The van der Waals surface area contributed by atoms with Crippen LogP contribution in [-0.4, -0.2) is 23.3 Å². The number of nitrogens with zero attached hydrogens (tertiary/aromatic N) is 3. The van der Waals surface area contributed by atoms with E-state index in [0.29, 0.717) is 24.7 Å². The Morgan fingerprint density at radius 3 is 2.55 bits per heavy atom. The predicted octanol–water partition coefficient (Wildman–Crippen LogP) is 0.487. The summed E-state index contributed by atoms with van der Waals surface area (Å²) in [5.41, 5.74) is 0.966. The standard InChI is InChI=1S/C14H16N4O2/c1-16-9-18(8-10-6-4-3-5-7-10)13-11(16)12(19)15-14(20)17(13)2/h3-7H,8-9H2,1-2H3,(H,15,19,20). The first-order valence-corrected chi connectivity index (χ1v) is 6.41. The molecule has 2 heterocycles. The Morgan fingerprint density at radius 1 is 1.15 bits per heavy atom. The molecule has 0 saturated carbocycles. The Kier molecular flexibility index (Phi) is 2.85. The van der Waals surface area contributed by atoms with Crippen molar-refractivity contribution in [3.63, 3.8) is 0 Å². The fourth-order valence-electron chi connectivity index (χ4n) is 2.63. The molecule has 1 aliphatic heterocycles. The van der Waals surface area contributed by atoms with Crippen molar-refractivity contribution >= 4 is 11.5 Å². The van der Waals surface area contributed by atoms with Gasteiger partial charge in [0.25, 0.3) is 5.56 Å². The van der Waals surface area contributed by atoms with Crippen molar-refractivity contribution in [3.8, 4) is 0 Å². The summed E-state index contributed by atoms with van der Waals surface area (Å²) in [6, 6.07) is 9.99. The Morgan fingerprint density at radius 2 is 1.85 bits per heavy atom. The van der Waals surface area contributed by atoms with Gasteiger partial charge in [0, 0.05) is 20.6 Å². The number of benzene rings is 1. The lowest BCUT2D eigenvalue weighted by Gasteiger charge is -2.20. The third-order valence-corrected chi connectivity index (χ3v) is 3.55. The van der Waals surface area contributed by atoms with Crippen LogP contribution >= 0.6 is 0 Å². The first-order valence-electron chi connectivity index (χ1n) is 6.41. The van der Waals surface area contributed by atoms with E-state index in [2.05, 4.69) is 4.98 Å². The molecule has 0 unspecified atom stereocenters. The Bertz CT molecular complexity index is 748. The minimum absolute atomic E-state index is 0.332. The lowest BCUT2D eigenvalue weighted by atomic mass is 10.2. The molecule has 0 bridgehead atoms. The third kappa shape index (κ3) is 1.89. The summed E-state index contributed by atoms with van der Waals surface area (Å²) >= 11 is 0. The summed E-state index contributed by atoms with van der Waals surface area (Å²) in [6.45, 7) is 1.25. The lowest BCUT2D eigenvalue weighted by Crippen LogP contribution is -2.32. The summed E-state index contributed by atoms with van der Waals surface area (Å²) in [4.78, 5) is 29.9. The van der Waals surface area contributed by atoms with Gasteiger partial charge >= 0.3 is 5.69 Å². The highest BCUT2D eigenvalue weighted by Crippen LogP contribution is 2.30. The average molecular weight is 272 g/mol. The molecular weight excluding hydrogens is 256 g/mol. The first kappa shape index (κ1) is 12.5. The molecule has 0 spiro atoms. The van der Waals surface area contributed by atoms with Crippen LogP contribution in [0.15, 0.2) is 39.9 Å². The maximum atomic E-state index is 12.0. The number of nitrogens with one attached hydrogen (secondary N) is 1. The van der Waals surface area contributed by atoms with E-state index >= 15 is 0 Å². The molecular formula is C14H16N4O2. The van der Waals surface area contributed by atoms with Crippen molar-refractivity contribution in [2.75, 3.05) is 23.5 Å². The molecule has 1 aromatic carbocycles. The fraction of sp³-hybridized carbons (Fsp3) is 0.286. The summed E-state index contributed by atoms with van der Waals surface area (Å²) in [6.07, 6.45) is 0. The summed E-state index contributed by atoms with van der Waals surface area (Å²) in [5, 5.41) is 0. The number of hydrogen-bond acceptors (Lipinski definition) is 4. The quantitative estimate of drug-likeness (QED) is 0.864. The molecule has 1 aliphatic rings. The molecule has 0 fully saturated rings. The van der Waals surface area contributed by atoms with Gasteiger partial charge in [0.15, 0.2) is 0 Å². The van der Waals surface area contributed by atoms with Crippen LogP contribution in [0.4, 0.5) is 11.5 Å². The molecule has 0 atom stereocenters. The van der Waals surface area contributed by atoms with Crippen molar-refractivity contribution in [2.24, 2.45) is 7.05 Å². The Labute approximate surface area is 115 Å². The fourth-order valence-corrected chi connectivity index (χ4v) is 2.63. The zero-order chi connectivity index (χ0) is 14.3. The van der Waals surface area contributed by atoms with Crippen LogP contribution in [0.2, 0.25) is 0 Å². The summed E-state index contributed by atoms with van der Waals surface area (Å²) in [7, 11) is 3.53. The molecule has 104 valence electrons. The van der Waals surface area contributed by atoms with Gasteiger partial charge in [-0.25, -0.2) is 4.79 Å². The largest absolute Gasteiger partial charge is 0.349 e. The zero-order valence-corrected chi connectivity index (χ0v) is 11.5. The molecule has 6 heteroatoms. The molecule has 1 N–H and O–H groups in total. The number of rotatable bonds is 2. The van der Waals surface area contributed by atoms with Gasteiger partial charge < -0.3 is 9.80 Å². The molecule has 0 radical (unpaired) electrons. The minimum Gasteiger partial charge on any atom is -0.349 e. The van der Waals surface area contributed by atoms with E-state index in [9.17, 15) is 9.59 Å². The molecule has 1 aromatic heterocycles. The monoisotopic (exact) mass is 272 g/mol. The van der Waals surface area contributed by atoms with Crippen molar-refractivity contribution in [2.45, 2.75) is 6.54 Å². The topological polar surface area (TPSA) is 61.3 Å². The van der Waals surface area contributed by atoms with Gasteiger partial charge in [0.05, 0.1) is 6.67 Å². The van der Waals surface area contributed by atoms with E-state index in [1.165, 1.54) is 4.57 Å². The van der Waals surface area contributed by atoms with Gasteiger partial charge in [-0.2, -0.15) is 0 Å². The zero-order valence-electron chi connectivity index (χ0n) is 11.5. The molecule has 6 nitrogen and oxygen atoms in total. The number of fused-ring (bicyclic) bond motifs is 1. The van der Waals surface area contributed by atoms with Crippen molar-refractivity contribution in [3.05, 3.63) is 56.7 Å². The van der Waals surface area contributed by atoms with Crippen molar-refractivity contribution in [1.82, 2.24) is 9.55 Å². The van der Waals surface area contributed by atoms with Gasteiger partial charge in [-0.3, -0.25) is 14.3 Å². The van der Waals surface area contributed by atoms with Crippen LogP contribution in [0.25, 0.3) is 0 Å². The Hall–Kier alpha value is -2.50. The maximum Gasteiger partial charge on any atom is 0.329 e. The van der Waals surface area contributed by atoms with Crippen LogP contribution in [0.1, 0.15) is 5.56 Å². The minimum atomic E-state index is -0.387. The van der Waals surface area contributed by atoms with Gasteiger partial charge in [-0.05, 0) is 5.56 Å². The van der Waals surface area contributed by atoms with Gasteiger partial charge in [-0.1, -0.05) is 30.3 Å². The highest BCUT2D eigenvalue weighted by molar-refractivity contribution is 5.71. The second kappa shape index (κ2) is 4.56. The van der Waals surface area contributed by atoms with E-state index < -0.39 is 0 Å². The SMILES string of the molecule is CN1CN(Cc2ccccc2)c2c1c(=O)[nH]c(=O)n2C. The third-order valence-electron chi connectivity index (χ3n) is 3.55. The molecule has 20 heavy (non-hydrogen) atoms. The number of hydrogen-bond donors (Lipinski definition) is 1. The van der Waals surface area contributed by atoms with Crippen LogP contribution in [0, 0.1) is 0 Å². The van der Waals surface area contributed by atoms with Crippen LogP contribution in [0.5, 0.6) is 0 Å². The molecule has 3 rings (SSSR count). The van der Waals surface area contributed by atoms with E-state index in [1.807, 2.05) is 47.2 Å². The normalized spacial score (nSPS) is 13.7. The first-order chi connectivity index (χ1) is 9.58. The number of H-pyrrole nitrogens is 1. The van der Waals surface area contributed by atoms with Crippen LogP contribution in [-0.2, 0) is 13.6 Å². The van der Waals surface area contributed by atoms with E-state index in [1.54, 1.807) is 7.05 Å². The van der Waals surface area contributed by atoms with Crippen LogP contribution < -0.4 is 21.0 Å². The Balaban J connectivity index is 2.08.